The molecule has 2 N–H and O–H groups in total. The molecule has 88 valence electrons. The third kappa shape index (κ3) is 3.90. The molecule has 4 nitrogen and oxygen atoms in total. The van der Waals surface area contributed by atoms with Crippen molar-refractivity contribution < 1.29 is 14.6 Å². The Hall–Kier alpha value is -1.55. The van der Waals surface area contributed by atoms with Gasteiger partial charge in [-0.2, -0.15) is 0 Å². The lowest BCUT2D eigenvalue weighted by molar-refractivity contribution is 0.171. The molecule has 0 saturated heterocycles. The SMILES string of the molecule is CC(C)[C@@H](CO)NC(=O)Oc1ccccc1. The predicted molar refractivity (Wildman–Crippen MR) is 61.3 cm³/mol. The van der Waals surface area contributed by atoms with Crippen LogP contribution in [-0.4, -0.2) is 23.8 Å². The summed E-state index contributed by atoms with van der Waals surface area (Å²) in [6.07, 6.45) is -0.543. The van der Waals surface area contributed by atoms with E-state index in [0.29, 0.717) is 5.75 Å². The lowest BCUT2D eigenvalue weighted by Gasteiger charge is -2.19. The van der Waals surface area contributed by atoms with Gasteiger partial charge in [-0.1, -0.05) is 32.0 Å². The molecule has 0 fully saturated rings. The molecule has 16 heavy (non-hydrogen) atoms. The van der Waals surface area contributed by atoms with Crippen LogP contribution in [0.25, 0.3) is 0 Å². The summed E-state index contributed by atoms with van der Waals surface area (Å²) in [6.45, 7) is 3.74. The molecule has 0 spiro atoms. The lowest BCUT2D eigenvalue weighted by Crippen LogP contribution is -2.42. The topological polar surface area (TPSA) is 58.6 Å². The third-order valence-corrected chi connectivity index (χ3v) is 2.26. The quantitative estimate of drug-likeness (QED) is 0.818. The van der Waals surface area contributed by atoms with Crippen molar-refractivity contribution in [3.8, 4) is 5.75 Å². The maximum absolute atomic E-state index is 11.4. The van der Waals surface area contributed by atoms with Gasteiger partial charge in [0.05, 0.1) is 12.6 Å². The molecule has 1 aromatic rings. The molecule has 0 aromatic heterocycles. The van der Waals surface area contributed by atoms with Gasteiger partial charge in [0.25, 0.3) is 0 Å². The number of nitrogens with one attached hydrogen (secondary N) is 1. The van der Waals surface area contributed by atoms with E-state index in [1.165, 1.54) is 0 Å². The number of benzene rings is 1. The van der Waals surface area contributed by atoms with Gasteiger partial charge in [0.1, 0.15) is 5.75 Å². The van der Waals surface area contributed by atoms with Crippen LogP contribution in [0.3, 0.4) is 0 Å². The van der Waals surface area contributed by atoms with Gasteiger partial charge in [0.2, 0.25) is 0 Å². The van der Waals surface area contributed by atoms with E-state index >= 15 is 0 Å². The Labute approximate surface area is 95.2 Å². The minimum Gasteiger partial charge on any atom is -0.410 e. The van der Waals surface area contributed by atoms with Crippen LogP contribution in [0.5, 0.6) is 5.75 Å². The fourth-order valence-corrected chi connectivity index (χ4v) is 1.20. The van der Waals surface area contributed by atoms with Crippen LogP contribution in [-0.2, 0) is 0 Å². The molecule has 1 amide bonds. The number of aliphatic hydroxyl groups is 1. The standard InChI is InChI=1S/C12H17NO3/c1-9(2)11(8-14)13-12(15)16-10-6-4-3-5-7-10/h3-7,9,11,14H,8H2,1-2H3,(H,13,15)/t11-/m1/s1. The second-order valence-corrected chi connectivity index (χ2v) is 3.88. The average Bonchev–Trinajstić information content (AvgIpc) is 2.27. The summed E-state index contributed by atoms with van der Waals surface area (Å²) >= 11 is 0. The number of carbonyl (C=O) groups excluding carboxylic acids is 1. The molecule has 0 radical (unpaired) electrons. The first-order valence-electron chi connectivity index (χ1n) is 5.27. The normalized spacial score (nSPS) is 12.2. The van der Waals surface area contributed by atoms with Crippen LogP contribution in [0, 0.1) is 5.92 Å². The first kappa shape index (κ1) is 12.5. The largest absolute Gasteiger partial charge is 0.412 e. The fourth-order valence-electron chi connectivity index (χ4n) is 1.20. The smallest absolute Gasteiger partial charge is 0.410 e. The Balaban J connectivity index is 2.47. The molecule has 0 unspecified atom stereocenters. The van der Waals surface area contributed by atoms with Crippen LogP contribution in [0.4, 0.5) is 4.79 Å². The maximum Gasteiger partial charge on any atom is 0.412 e. The summed E-state index contributed by atoms with van der Waals surface area (Å²) < 4.78 is 5.04. The van der Waals surface area contributed by atoms with E-state index in [2.05, 4.69) is 5.32 Å². The highest BCUT2D eigenvalue weighted by Crippen LogP contribution is 2.09. The zero-order valence-electron chi connectivity index (χ0n) is 9.51. The number of hydrogen-bond donors (Lipinski definition) is 2. The molecule has 1 aromatic carbocycles. The number of ether oxygens (including phenoxy) is 1. The van der Waals surface area contributed by atoms with Gasteiger partial charge in [-0.25, -0.2) is 4.79 Å². The number of aliphatic hydroxyl groups excluding tert-OH is 1. The van der Waals surface area contributed by atoms with E-state index in [4.69, 9.17) is 9.84 Å². The maximum atomic E-state index is 11.4. The highest BCUT2D eigenvalue weighted by molar-refractivity contribution is 5.70. The molecular weight excluding hydrogens is 206 g/mol. The summed E-state index contributed by atoms with van der Waals surface area (Å²) in [5.41, 5.74) is 0. The Morgan fingerprint density at radius 2 is 2.00 bits per heavy atom. The van der Waals surface area contributed by atoms with Crippen molar-refractivity contribution in [1.82, 2.24) is 5.32 Å². The highest BCUT2D eigenvalue weighted by atomic mass is 16.6. The van der Waals surface area contributed by atoms with Crippen LogP contribution in [0.15, 0.2) is 30.3 Å². The molecule has 0 saturated carbocycles. The van der Waals surface area contributed by atoms with Gasteiger partial charge in [-0.3, -0.25) is 0 Å². The van der Waals surface area contributed by atoms with Gasteiger partial charge in [0, 0.05) is 0 Å². The molecule has 0 aliphatic rings. The summed E-state index contributed by atoms with van der Waals surface area (Å²) in [7, 11) is 0. The van der Waals surface area contributed by atoms with Crippen molar-refractivity contribution >= 4 is 6.09 Å². The number of para-hydroxylation sites is 1. The summed E-state index contributed by atoms with van der Waals surface area (Å²) in [5.74, 6) is 0.647. The molecule has 4 heteroatoms. The van der Waals surface area contributed by atoms with E-state index in [-0.39, 0.29) is 18.6 Å². The van der Waals surface area contributed by atoms with E-state index in [1.807, 2.05) is 19.9 Å². The number of rotatable bonds is 4. The van der Waals surface area contributed by atoms with E-state index < -0.39 is 6.09 Å². The van der Waals surface area contributed by atoms with Gasteiger partial charge in [-0.05, 0) is 18.1 Å². The summed E-state index contributed by atoms with van der Waals surface area (Å²) in [6, 6.07) is 8.53. The number of amides is 1. The second-order valence-electron chi connectivity index (χ2n) is 3.88. The molecular formula is C12H17NO3. The molecule has 0 heterocycles. The Bertz CT molecular complexity index is 324. The average molecular weight is 223 g/mol. The van der Waals surface area contributed by atoms with Crippen molar-refractivity contribution in [2.75, 3.05) is 6.61 Å². The molecule has 0 aliphatic carbocycles. The van der Waals surface area contributed by atoms with Crippen molar-refractivity contribution in [1.29, 1.82) is 0 Å². The van der Waals surface area contributed by atoms with Gasteiger partial charge < -0.3 is 15.2 Å². The second kappa shape index (κ2) is 6.12. The third-order valence-electron chi connectivity index (χ3n) is 2.26. The van der Waals surface area contributed by atoms with E-state index in [1.54, 1.807) is 24.3 Å². The van der Waals surface area contributed by atoms with Crippen molar-refractivity contribution in [2.45, 2.75) is 19.9 Å². The first-order valence-corrected chi connectivity index (χ1v) is 5.27. The van der Waals surface area contributed by atoms with Crippen LogP contribution in [0.1, 0.15) is 13.8 Å². The minimum absolute atomic E-state index is 0.0957. The summed E-state index contributed by atoms with van der Waals surface area (Å²) in [4.78, 5) is 11.4. The van der Waals surface area contributed by atoms with Crippen LogP contribution in [0.2, 0.25) is 0 Å². The Kier molecular flexibility index (Phi) is 4.79. The zero-order valence-corrected chi connectivity index (χ0v) is 9.51. The van der Waals surface area contributed by atoms with Gasteiger partial charge in [-0.15, -0.1) is 0 Å². The predicted octanol–water partition coefficient (Wildman–Crippen LogP) is 1.79. The van der Waals surface area contributed by atoms with Crippen LogP contribution >= 0.6 is 0 Å². The van der Waals surface area contributed by atoms with E-state index in [9.17, 15) is 4.79 Å². The molecule has 1 atom stereocenters. The van der Waals surface area contributed by atoms with Gasteiger partial charge >= 0.3 is 6.09 Å². The summed E-state index contributed by atoms with van der Waals surface area (Å²) in [5, 5.41) is 11.6. The van der Waals surface area contributed by atoms with Crippen molar-refractivity contribution in [2.24, 2.45) is 5.92 Å². The van der Waals surface area contributed by atoms with E-state index in [0.717, 1.165) is 0 Å². The number of hydrogen-bond acceptors (Lipinski definition) is 3. The lowest BCUT2D eigenvalue weighted by atomic mass is 10.1. The molecule has 1 rings (SSSR count). The van der Waals surface area contributed by atoms with Gasteiger partial charge in [0.15, 0.2) is 0 Å². The molecule has 0 bridgehead atoms. The fraction of sp³-hybridized carbons (Fsp3) is 0.417. The zero-order chi connectivity index (χ0) is 12.0. The highest BCUT2D eigenvalue weighted by Gasteiger charge is 2.15. The van der Waals surface area contributed by atoms with Crippen molar-refractivity contribution in [3.63, 3.8) is 0 Å². The van der Waals surface area contributed by atoms with Crippen LogP contribution < -0.4 is 10.1 Å². The van der Waals surface area contributed by atoms with Crippen molar-refractivity contribution in [3.05, 3.63) is 30.3 Å². The Morgan fingerprint density at radius 3 is 2.50 bits per heavy atom. The number of carbonyl (C=O) groups is 1. The monoisotopic (exact) mass is 223 g/mol. The molecule has 0 aliphatic heterocycles. The first-order chi connectivity index (χ1) is 7.63. The minimum atomic E-state index is -0.543. The Morgan fingerprint density at radius 1 is 1.38 bits per heavy atom.